The molecule has 0 aliphatic rings. The number of aromatic nitrogens is 2. The molecule has 0 amide bonds. The molecule has 17 heavy (non-hydrogen) atoms. The SMILES string of the molecule is O=C(O)c1cccc2nc(-c3ccon3)oc12. The van der Waals surface area contributed by atoms with E-state index in [1.807, 2.05) is 0 Å². The van der Waals surface area contributed by atoms with Crippen LogP contribution in [-0.4, -0.2) is 21.2 Å². The molecule has 0 atom stereocenters. The van der Waals surface area contributed by atoms with Gasteiger partial charge in [0.05, 0.1) is 0 Å². The molecule has 0 saturated carbocycles. The highest BCUT2D eigenvalue weighted by molar-refractivity contribution is 6.00. The van der Waals surface area contributed by atoms with Crippen LogP contribution in [0.2, 0.25) is 0 Å². The van der Waals surface area contributed by atoms with Crippen LogP contribution < -0.4 is 0 Å². The van der Waals surface area contributed by atoms with Crippen molar-refractivity contribution in [2.24, 2.45) is 0 Å². The number of oxazole rings is 1. The second-order valence-corrected chi connectivity index (χ2v) is 3.36. The summed E-state index contributed by atoms with van der Waals surface area (Å²) < 4.78 is 10.1. The summed E-state index contributed by atoms with van der Waals surface area (Å²) in [7, 11) is 0. The number of nitrogens with zero attached hydrogens (tertiary/aromatic N) is 2. The minimum atomic E-state index is -1.06. The molecule has 0 spiro atoms. The molecule has 0 aliphatic carbocycles. The largest absolute Gasteiger partial charge is 0.478 e. The summed E-state index contributed by atoms with van der Waals surface area (Å²) in [6.45, 7) is 0. The van der Waals surface area contributed by atoms with Crippen LogP contribution in [0.15, 0.2) is 39.5 Å². The summed E-state index contributed by atoms with van der Waals surface area (Å²) in [6.07, 6.45) is 1.39. The number of hydrogen-bond acceptors (Lipinski definition) is 5. The normalized spacial score (nSPS) is 10.8. The number of benzene rings is 1. The summed E-state index contributed by atoms with van der Waals surface area (Å²) in [6, 6.07) is 6.34. The Labute approximate surface area is 94.5 Å². The predicted molar refractivity (Wildman–Crippen MR) is 56.5 cm³/mol. The molecule has 0 radical (unpaired) electrons. The number of hydrogen-bond donors (Lipinski definition) is 1. The third-order valence-electron chi connectivity index (χ3n) is 2.30. The fraction of sp³-hybridized carbons (Fsp3) is 0. The van der Waals surface area contributed by atoms with E-state index >= 15 is 0 Å². The standard InChI is InChI=1S/C11H6N2O4/c14-11(15)6-2-1-3-7-9(6)17-10(12-7)8-4-5-16-13-8/h1-5H,(H,14,15). The number of aromatic carboxylic acids is 1. The molecule has 6 nitrogen and oxygen atoms in total. The van der Waals surface area contributed by atoms with Gasteiger partial charge in [-0.3, -0.25) is 0 Å². The van der Waals surface area contributed by atoms with E-state index in [9.17, 15) is 4.79 Å². The van der Waals surface area contributed by atoms with E-state index in [1.165, 1.54) is 12.3 Å². The van der Waals surface area contributed by atoms with Gasteiger partial charge in [0.25, 0.3) is 0 Å². The Morgan fingerprint density at radius 3 is 2.88 bits per heavy atom. The Kier molecular flexibility index (Phi) is 1.94. The monoisotopic (exact) mass is 230 g/mol. The van der Waals surface area contributed by atoms with Crippen molar-refractivity contribution in [3.8, 4) is 11.6 Å². The smallest absolute Gasteiger partial charge is 0.339 e. The number of carbonyl (C=O) groups is 1. The van der Waals surface area contributed by atoms with E-state index in [4.69, 9.17) is 9.52 Å². The zero-order valence-electron chi connectivity index (χ0n) is 8.45. The topological polar surface area (TPSA) is 89.4 Å². The van der Waals surface area contributed by atoms with E-state index in [1.54, 1.807) is 18.2 Å². The van der Waals surface area contributed by atoms with Crippen molar-refractivity contribution >= 4 is 17.1 Å². The van der Waals surface area contributed by atoms with Crippen LogP contribution in [0.4, 0.5) is 0 Å². The first-order valence-corrected chi connectivity index (χ1v) is 4.79. The molecule has 1 N–H and O–H groups in total. The molecule has 0 aliphatic heterocycles. The summed E-state index contributed by atoms with van der Waals surface area (Å²) in [4.78, 5) is 15.1. The fourth-order valence-electron chi connectivity index (χ4n) is 1.55. The first-order valence-electron chi connectivity index (χ1n) is 4.79. The van der Waals surface area contributed by atoms with E-state index < -0.39 is 5.97 Å². The molecule has 3 rings (SSSR count). The van der Waals surface area contributed by atoms with Gasteiger partial charge in [0.1, 0.15) is 17.3 Å². The summed E-state index contributed by atoms with van der Waals surface area (Å²) in [5, 5.41) is 12.7. The molecule has 2 aromatic heterocycles. The predicted octanol–water partition coefficient (Wildman–Crippen LogP) is 2.18. The molecule has 0 fully saturated rings. The molecule has 0 bridgehead atoms. The van der Waals surface area contributed by atoms with Crippen molar-refractivity contribution in [1.82, 2.24) is 10.1 Å². The summed E-state index contributed by atoms with van der Waals surface area (Å²) in [5.41, 5.74) is 1.21. The van der Waals surface area contributed by atoms with Gasteiger partial charge >= 0.3 is 5.97 Å². The zero-order valence-corrected chi connectivity index (χ0v) is 8.45. The maximum Gasteiger partial charge on any atom is 0.339 e. The van der Waals surface area contributed by atoms with Crippen molar-refractivity contribution in [2.45, 2.75) is 0 Å². The fourth-order valence-corrected chi connectivity index (χ4v) is 1.55. The Morgan fingerprint density at radius 1 is 1.29 bits per heavy atom. The molecule has 1 aromatic carbocycles. The minimum absolute atomic E-state index is 0.0738. The van der Waals surface area contributed by atoms with Crippen LogP contribution >= 0.6 is 0 Å². The molecule has 3 aromatic rings. The maximum absolute atomic E-state index is 11.0. The van der Waals surface area contributed by atoms with Crippen molar-refractivity contribution in [1.29, 1.82) is 0 Å². The zero-order chi connectivity index (χ0) is 11.8. The summed E-state index contributed by atoms with van der Waals surface area (Å²) >= 11 is 0. The number of carboxylic acid groups (broad SMARTS) is 1. The lowest BCUT2D eigenvalue weighted by Gasteiger charge is -1.92. The molecular weight excluding hydrogens is 224 g/mol. The molecule has 0 unspecified atom stereocenters. The van der Waals surface area contributed by atoms with Gasteiger partial charge in [0.15, 0.2) is 11.3 Å². The van der Waals surface area contributed by atoms with E-state index in [0.717, 1.165) is 0 Å². The van der Waals surface area contributed by atoms with Crippen LogP contribution in [-0.2, 0) is 0 Å². The third kappa shape index (κ3) is 1.46. The van der Waals surface area contributed by atoms with Crippen LogP contribution in [0.3, 0.4) is 0 Å². The third-order valence-corrected chi connectivity index (χ3v) is 2.30. The number of carboxylic acids is 1. The first-order chi connectivity index (χ1) is 8.25. The van der Waals surface area contributed by atoms with Crippen LogP contribution in [0.25, 0.3) is 22.7 Å². The lowest BCUT2D eigenvalue weighted by molar-refractivity contribution is 0.0698. The average Bonchev–Trinajstić information content (AvgIpc) is 2.96. The lowest BCUT2D eigenvalue weighted by Crippen LogP contribution is -1.95. The van der Waals surface area contributed by atoms with Crippen molar-refractivity contribution in [3.05, 3.63) is 36.1 Å². The highest BCUT2D eigenvalue weighted by atomic mass is 16.5. The highest BCUT2D eigenvalue weighted by Gasteiger charge is 2.16. The van der Waals surface area contributed by atoms with Crippen molar-refractivity contribution in [3.63, 3.8) is 0 Å². The van der Waals surface area contributed by atoms with Gasteiger partial charge in [0.2, 0.25) is 5.89 Å². The number of fused-ring (bicyclic) bond motifs is 1. The Hall–Kier alpha value is -2.63. The van der Waals surface area contributed by atoms with Gasteiger partial charge in [-0.25, -0.2) is 9.78 Å². The highest BCUT2D eigenvalue weighted by Crippen LogP contribution is 2.25. The molecule has 0 saturated heterocycles. The lowest BCUT2D eigenvalue weighted by atomic mass is 10.2. The second-order valence-electron chi connectivity index (χ2n) is 3.36. The van der Waals surface area contributed by atoms with Gasteiger partial charge in [-0.05, 0) is 12.1 Å². The Bertz CT molecular complexity index is 685. The van der Waals surface area contributed by atoms with Crippen molar-refractivity contribution in [2.75, 3.05) is 0 Å². The van der Waals surface area contributed by atoms with Crippen LogP contribution in [0, 0.1) is 0 Å². The van der Waals surface area contributed by atoms with Gasteiger partial charge in [-0.1, -0.05) is 11.2 Å². The second kappa shape index (κ2) is 3.44. The van der Waals surface area contributed by atoms with Crippen LogP contribution in [0.1, 0.15) is 10.4 Å². The molecule has 2 heterocycles. The Morgan fingerprint density at radius 2 is 2.18 bits per heavy atom. The van der Waals surface area contributed by atoms with Crippen molar-refractivity contribution < 1.29 is 18.8 Å². The molecular formula is C11H6N2O4. The quantitative estimate of drug-likeness (QED) is 0.725. The van der Waals surface area contributed by atoms with E-state index in [2.05, 4.69) is 14.7 Å². The van der Waals surface area contributed by atoms with E-state index in [-0.39, 0.29) is 17.0 Å². The summed E-state index contributed by atoms with van der Waals surface area (Å²) in [5.74, 6) is -0.819. The van der Waals surface area contributed by atoms with E-state index in [0.29, 0.717) is 11.2 Å². The number of rotatable bonds is 2. The number of para-hydroxylation sites is 1. The van der Waals surface area contributed by atoms with Crippen LogP contribution in [0.5, 0.6) is 0 Å². The first kappa shape index (κ1) is 9.59. The Balaban J connectivity index is 2.26. The van der Waals surface area contributed by atoms with Gasteiger partial charge in [-0.2, -0.15) is 0 Å². The molecule has 84 valence electrons. The average molecular weight is 230 g/mol. The maximum atomic E-state index is 11.0. The van der Waals surface area contributed by atoms with Gasteiger partial charge < -0.3 is 14.0 Å². The molecule has 6 heteroatoms. The minimum Gasteiger partial charge on any atom is -0.478 e. The van der Waals surface area contributed by atoms with Gasteiger partial charge in [-0.15, -0.1) is 0 Å². The van der Waals surface area contributed by atoms with Gasteiger partial charge in [0, 0.05) is 6.07 Å².